The van der Waals surface area contributed by atoms with Crippen LogP contribution in [0.2, 0.25) is 0 Å². The van der Waals surface area contributed by atoms with Gasteiger partial charge in [-0.2, -0.15) is 4.72 Å². The van der Waals surface area contributed by atoms with Gasteiger partial charge < -0.3 is 26.7 Å². The van der Waals surface area contributed by atoms with Crippen LogP contribution in [-0.2, 0) is 41.5 Å². The maximum absolute atomic E-state index is 14.0. The maximum atomic E-state index is 14.0. The number of anilines is 2. The van der Waals surface area contributed by atoms with Gasteiger partial charge in [0, 0.05) is 55.7 Å². The molecule has 0 radical (unpaired) electrons. The van der Waals surface area contributed by atoms with Crippen molar-refractivity contribution in [2.24, 2.45) is 0 Å². The fourth-order valence-corrected chi connectivity index (χ4v) is 9.14. The Morgan fingerprint density at radius 1 is 0.721 bits per heavy atom. The molecule has 14 nitrogen and oxygen atoms in total. The molecule has 6 N–H and O–H groups in total. The lowest BCUT2D eigenvalue weighted by Crippen LogP contribution is -2.56. The van der Waals surface area contributed by atoms with Gasteiger partial charge >= 0.3 is 0 Å². The number of sulfonamides is 1. The molecule has 1 heterocycles. The van der Waals surface area contributed by atoms with Crippen LogP contribution in [-0.4, -0.2) is 97.4 Å². The zero-order valence-corrected chi connectivity index (χ0v) is 36.1. The number of nitrogens with zero attached hydrogens (tertiary/aromatic N) is 2. The van der Waals surface area contributed by atoms with Crippen LogP contribution in [0.4, 0.5) is 11.4 Å². The van der Waals surface area contributed by atoms with Crippen molar-refractivity contribution in [3.05, 3.63) is 131 Å². The van der Waals surface area contributed by atoms with Gasteiger partial charge in [-0.15, -0.1) is 0 Å². The van der Waals surface area contributed by atoms with Gasteiger partial charge in [0.2, 0.25) is 33.7 Å². The molecule has 1 saturated carbocycles. The topological polar surface area (TPSA) is 193 Å². The number of hydrogen-bond donors (Lipinski definition) is 6. The molecular weight excluding hydrogens is 793 g/mol. The highest BCUT2D eigenvalue weighted by Gasteiger charge is 2.62. The molecule has 1 aliphatic carbocycles. The fraction of sp³-hybridized carbons (Fsp3) is 0.370. The summed E-state index contributed by atoms with van der Waals surface area (Å²) < 4.78 is 29.8. The van der Waals surface area contributed by atoms with E-state index in [2.05, 4.69) is 35.8 Å². The third-order valence-electron chi connectivity index (χ3n) is 11.6. The Kier molecular flexibility index (Phi) is 14.2. The minimum absolute atomic E-state index is 0.0770. The Morgan fingerprint density at radius 2 is 1.25 bits per heavy atom. The predicted octanol–water partition coefficient (Wildman–Crippen LogP) is 4.52. The fourth-order valence-electron chi connectivity index (χ4n) is 7.56. The van der Waals surface area contributed by atoms with Crippen molar-refractivity contribution < 1.29 is 27.6 Å². The maximum Gasteiger partial charge on any atom is 0.242 e. The van der Waals surface area contributed by atoms with Crippen LogP contribution in [0.5, 0.6) is 0 Å². The largest absolute Gasteiger partial charge is 0.350 e. The highest BCUT2D eigenvalue weighted by molar-refractivity contribution is 7.88. The average Bonchev–Trinajstić information content (AvgIpc) is 3.97. The Balaban J connectivity index is 1.05. The smallest absolute Gasteiger partial charge is 0.242 e. The number of rotatable bonds is 17. The summed E-state index contributed by atoms with van der Waals surface area (Å²) in [6.07, 6.45) is 0.168. The van der Waals surface area contributed by atoms with Gasteiger partial charge in [0.25, 0.3) is 0 Å². The molecule has 6 rings (SSSR count). The molecule has 4 unspecified atom stereocenters. The van der Waals surface area contributed by atoms with Crippen molar-refractivity contribution in [2.45, 2.75) is 82.9 Å². The molecule has 4 aromatic carbocycles. The van der Waals surface area contributed by atoms with Gasteiger partial charge in [-0.05, 0) is 87.6 Å². The molecule has 0 bridgehead atoms. The van der Waals surface area contributed by atoms with Crippen LogP contribution in [0.25, 0.3) is 0 Å². The number of nitrogens with one attached hydrogen (secondary N) is 6. The number of piperazine rings is 1. The Bertz CT molecular complexity index is 2320. The van der Waals surface area contributed by atoms with Gasteiger partial charge in [0.05, 0.1) is 17.8 Å². The molecule has 2 aliphatic rings. The summed E-state index contributed by atoms with van der Waals surface area (Å²) in [4.78, 5) is 57.7. The molecule has 15 heteroatoms. The first-order valence-electron chi connectivity index (χ1n) is 20.6. The highest BCUT2D eigenvalue weighted by atomic mass is 32.2. The van der Waals surface area contributed by atoms with E-state index in [1.807, 2.05) is 57.2 Å². The summed E-state index contributed by atoms with van der Waals surface area (Å²) in [6.45, 7) is 11.7. The van der Waals surface area contributed by atoms with E-state index < -0.39 is 45.4 Å². The summed E-state index contributed by atoms with van der Waals surface area (Å²) in [5, 5.41) is 19.3. The number of aryl methyl sites for hydroxylation is 1. The Morgan fingerprint density at radius 3 is 1.77 bits per heavy atom. The van der Waals surface area contributed by atoms with Crippen LogP contribution >= 0.6 is 0 Å². The zero-order valence-electron chi connectivity index (χ0n) is 35.3. The number of carbonyl (C=O) groups excluding carboxylic acids is 4. The van der Waals surface area contributed by atoms with Crippen LogP contribution in [0.3, 0.4) is 0 Å². The van der Waals surface area contributed by atoms with Crippen molar-refractivity contribution in [2.75, 3.05) is 36.8 Å². The molecule has 61 heavy (non-hydrogen) atoms. The number of benzene rings is 4. The second-order valence-electron chi connectivity index (χ2n) is 16.2. The molecular formula is C46H56N8O6S. The van der Waals surface area contributed by atoms with Gasteiger partial charge in [-0.3, -0.25) is 29.0 Å². The molecule has 0 aromatic heterocycles. The summed E-state index contributed by atoms with van der Waals surface area (Å²) in [5.74, 6) is -2.19. The van der Waals surface area contributed by atoms with E-state index in [0.29, 0.717) is 48.7 Å². The summed E-state index contributed by atoms with van der Waals surface area (Å²) >= 11 is 0. The van der Waals surface area contributed by atoms with Crippen molar-refractivity contribution in [3.8, 4) is 0 Å². The number of amides is 4. The summed E-state index contributed by atoms with van der Waals surface area (Å²) in [5.41, 5.74) is 4.17. The number of carbonyl (C=O) groups is 4. The molecule has 2 fully saturated rings. The van der Waals surface area contributed by atoms with Crippen LogP contribution in [0.1, 0.15) is 67.9 Å². The first kappa shape index (κ1) is 44.8. The Labute approximate surface area is 358 Å². The molecule has 4 aromatic rings. The van der Waals surface area contributed by atoms with E-state index >= 15 is 0 Å². The van der Waals surface area contributed by atoms with E-state index in [4.69, 9.17) is 5.41 Å². The average molecular weight is 849 g/mol. The van der Waals surface area contributed by atoms with Gasteiger partial charge in [-0.1, -0.05) is 84.4 Å². The van der Waals surface area contributed by atoms with E-state index in [9.17, 15) is 27.6 Å². The van der Waals surface area contributed by atoms with Crippen molar-refractivity contribution >= 4 is 50.7 Å². The normalized spacial score (nSPS) is 19.5. The van der Waals surface area contributed by atoms with Gasteiger partial charge in [-0.25, -0.2) is 8.42 Å². The molecule has 4 amide bonds. The van der Waals surface area contributed by atoms with E-state index in [0.717, 1.165) is 22.4 Å². The zero-order chi connectivity index (χ0) is 43.9. The quantitative estimate of drug-likeness (QED) is 0.0836. The van der Waals surface area contributed by atoms with Crippen LogP contribution in [0, 0.1) is 12.3 Å². The van der Waals surface area contributed by atoms with Crippen LogP contribution in [0.15, 0.2) is 103 Å². The molecule has 322 valence electrons. The highest BCUT2D eigenvalue weighted by Crippen LogP contribution is 2.52. The molecule has 0 spiro atoms. The molecule has 1 aliphatic heterocycles. The lowest BCUT2D eigenvalue weighted by Gasteiger charge is -2.39. The minimum atomic E-state index is -4.01. The summed E-state index contributed by atoms with van der Waals surface area (Å²) in [6, 6.07) is 28.9. The summed E-state index contributed by atoms with van der Waals surface area (Å²) in [7, 11) is -4.01. The third kappa shape index (κ3) is 11.6. The lowest BCUT2D eigenvalue weighted by molar-refractivity contribution is -0.130. The van der Waals surface area contributed by atoms with Gasteiger partial charge in [0.1, 0.15) is 11.6 Å². The minimum Gasteiger partial charge on any atom is -0.350 e. The molecule has 5 atom stereocenters. The Hall–Kier alpha value is -5.74. The third-order valence-corrected chi connectivity index (χ3v) is 13.0. The van der Waals surface area contributed by atoms with Gasteiger partial charge in [0.15, 0.2) is 0 Å². The monoisotopic (exact) mass is 848 g/mol. The van der Waals surface area contributed by atoms with Crippen molar-refractivity contribution in [1.29, 1.82) is 5.41 Å². The first-order chi connectivity index (χ1) is 29.0. The lowest BCUT2D eigenvalue weighted by atomic mass is 10.0. The first-order valence-corrected chi connectivity index (χ1v) is 22.2. The van der Waals surface area contributed by atoms with E-state index in [-0.39, 0.29) is 36.6 Å². The second-order valence-corrected chi connectivity index (χ2v) is 17.9. The van der Waals surface area contributed by atoms with Crippen molar-refractivity contribution in [3.63, 3.8) is 0 Å². The van der Waals surface area contributed by atoms with E-state index in [1.54, 1.807) is 80.6 Å². The van der Waals surface area contributed by atoms with E-state index in [1.165, 1.54) is 0 Å². The standard InChI is InChI=1S/C46H56N8O6S/c1-30-11-19-39(20-12-30)50-43(56)33(4)53-23-25-54(26-24-53)34(5)44(57)51-40-21-17-38(18-22-40)41-27-46(41,52-61(59,60)29-36-9-7-6-8-10-36)45(58)49-32(3)42(55)48-28-35-13-15-37(16-14-35)31(2)47/h6-22,32-34,41,47,52H,23-29H2,1-5H3,(H,48,55)(H,49,58)(H,50,56)(H,51,57)/t32-,33?,34?,41?,46?/m0/s1. The number of hydrogen-bond acceptors (Lipinski definition) is 9. The predicted molar refractivity (Wildman–Crippen MR) is 238 cm³/mol. The second kappa shape index (κ2) is 19.3. The molecule has 1 saturated heterocycles. The van der Waals surface area contributed by atoms with Crippen LogP contribution < -0.4 is 26.0 Å². The van der Waals surface area contributed by atoms with Crippen molar-refractivity contribution in [1.82, 2.24) is 25.2 Å². The SMILES string of the molecule is CC(=N)c1ccc(CNC(=O)[C@H](C)NC(=O)C2(NS(=O)(=O)Cc3ccccc3)CC2c2ccc(NC(=O)C(C)N3CCN(C(C)C(=O)Nc4ccc(C)cc4)CC3)cc2)cc1.